The number of carboxylic acids is 1. The van der Waals surface area contributed by atoms with E-state index < -0.39 is 11.4 Å². The van der Waals surface area contributed by atoms with Crippen LogP contribution in [0.25, 0.3) is 0 Å². The van der Waals surface area contributed by atoms with Crippen molar-refractivity contribution in [3.63, 3.8) is 0 Å². The van der Waals surface area contributed by atoms with Crippen LogP contribution in [-0.4, -0.2) is 65.0 Å². The van der Waals surface area contributed by atoms with Crippen molar-refractivity contribution in [3.05, 3.63) is 11.1 Å². The fraction of sp³-hybridized carbons (Fsp3) is 0.878. The Morgan fingerprint density at radius 1 is 0.938 bits per heavy atom. The van der Waals surface area contributed by atoms with Crippen LogP contribution in [0.2, 0.25) is 0 Å². The summed E-state index contributed by atoms with van der Waals surface area (Å²) in [6.45, 7) is 23.7. The highest BCUT2D eigenvalue weighted by Crippen LogP contribution is 2.77. The van der Waals surface area contributed by atoms with E-state index in [-0.39, 0.29) is 51.5 Å². The highest BCUT2D eigenvalue weighted by Gasteiger charge is 2.70. The molecule has 2 unspecified atom stereocenters. The number of hydrogen-bond acceptors (Lipinski definition) is 6. The normalized spacial score (nSPS) is 41.3. The molecule has 7 heteroatoms. The second kappa shape index (κ2) is 12.4. The molecule has 5 fully saturated rings. The number of carbonyl (C=O) groups excluding carboxylic acids is 2. The largest absolute Gasteiger partial charge is 0.481 e. The number of thioether (sulfide) groups is 1. The number of fused-ring (bicyclic) bond motifs is 7. The highest BCUT2D eigenvalue weighted by atomic mass is 32.2. The van der Waals surface area contributed by atoms with Gasteiger partial charge in [-0.3, -0.25) is 14.4 Å². The van der Waals surface area contributed by atoms with Gasteiger partial charge in [-0.25, -0.2) is 0 Å². The van der Waals surface area contributed by atoms with E-state index in [1.165, 1.54) is 55.9 Å². The minimum atomic E-state index is -1.13. The number of carboxylic acid groups (broad SMARTS) is 1. The Balaban J connectivity index is 1.27. The van der Waals surface area contributed by atoms with Crippen molar-refractivity contribution in [1.82, 2.24) is 4.90 Å². The van der Waals surface area contributed by atoms with Gasteiger partial charge < -0.3 is 14.7 Å². The van der Waals surface area contributed by atoms with Crippen LogP contribution < -0.4 is 0 Å². The Morgan fingerprint density at radius 3 is 2.27 bits per heavy atom. The number of ketones is 1. The highest BCUT2D eigenvalue weighted by molar-refractivity contribution is 7.99. The third-order valence-electron chi connectivity index (χ3n) is 16.0. The summed E-state index contributed by atoms with van der Waals surface area (Å²) in [5.74, 6) is 3.34. The molecule has 0 radical (unpaired) electrons. The van der Waals surface area contributed by atoms with Crippen molar-refractivity contribution in [2.45, 2.75) is 139 Å². The van der Waals surface area contributed by atoms with Crippen LogP contribution >= 0.6 is 11.8 Å². The first-order valence-corrected chi connectivity index (χ1v) is 20.5. The van der Waals surface area contributed by atoms with Crippen molar-refractivity contribution in [2.24, 2.45) is 56.2 Å². The number of esters is 1. The summed E-state index contributed by atoms with van der Waals surface area (Å²) in [6, 6.07) is 0. The molecule has 0 spiro atoms. The molecule has 48 heavy (non-hydrogen) atoms. The Morgan fingerprint density at radius 2 is 1.62 bits per heavy atom. The van der Waals surface area contributed by atoms with Crippen LogP contribution in [0.1, 0.15) is 133 Å². The molecule has 1 heterocycles. The molecule has 6 rings (SSSR count). The zero-order chi connectivity index (χ0) is 35.1. The number of ether oxygens (including phenoxy) is 1. The van der Waals surface area contributed by atoms with Crippen LogP contribution in [0.4, 0.5) is 0 Å². The number of allylic oxidation sites excluding steroid dienone is 2. The number of nitrogens with zero attached hydrogens (tertiary/aromatic N) is 1. The van der Waals surface area contributed by atoms with Gasteiger partial charge in [0, 0.05) is 41.8 Å². The van der Waals surface area contributed by atoms with Crippen molar-refractivity contribution in [2.75, 3.05) is 31.1 Å². The molecule has 0 aromatic rings. The van der Waals surface area contributed by atoms with Gasteiger partial charge in [-0.15, -0.1) is 0 Å². The Labute approximate surface area is 295 Å². The van der Waals surface area contributed by atoms with E-state index in [1.54, 1.807) is 19.4 Å². The lowest BCUT2D eigenvalue weighted by Crippen LogP contribution is -2.65. The fourth-order valence-corrected chi connectivity index (χ4v) is 14.0. The average molecular weight is 684 g/mol. The first-order valence-electron chi connectivity index (χ1n) is 19.3. The lowest BCUT2D eigenvalue weighted by atomic mass is 9.33. The van der Waals surface area contributed by atoms with E-state index in [2.05, 4.69) is 65.1 Å². The SMILES string of the molecule is CC(C)C1=C2[C@H]3CCC4[C@@]5(C)CC[C@H](OC(=O)CC(C)(C)C(=O)O)C(C)(C)C5CC[C@@]4(C)[C@]3(C)CC[C@@]2(CCN2CCSCC2)CC1=O. The zero-order valence-corrected chi connectivity index (χ0v) is 32.5. The van der Waals surface area contributed by atoms with Crippen LogP contribution in [0.15, 0.2) is 11.1 Å². The van der Waals surface area contributed by atoms with Gasteiger partial charge in [0.25, 0.3) is 0 Å². The molecule has 6 nitrogen and oxygen atoms in total. The maximum Gasteiger partial charge on any atom is 0.309 e. The van der Waals surface area contributed by atoms with Crippen molar-refractivity contribution in [3.8, 4) is 0 Å². The van der Waals surface area contributed by atoms with Crippen molar-refractivity contribution >= 4 is 29.5 Å². The fourth-order valence-electron chi connectivity index (χ4n) is 13.1. The van der Waals surface area contributed by atoms with E-state index in [9.17, 15) is 19.5 Å². The van der Waals surface area contributed by atoms with Gasteiger partial charge in [0.2, 0.25) is 0 Å². The number of rotatable bonds is 8. The Hall–Kier alpha value is -1.34. The molecule has 8 atom stereocenters. The molecule has 270 valence electrons. The number of hydrogen-bond donors (Lipinski definition) is 1. The van der Waals surface area contributed by atoms with Crippen molar-refractivity contribution < 1.29 is 24.2 Å². The van der Waals surface area contributed by atoms with E-state index in [0.29, 0.717) is 23.5 Å². The van der Waals surface area contributed by atoms with Crippen LogP contribution in [0, 0.1) is 56.2 Å². The molecule has 1 N–H and O–H groups in total. The monoisotopic (exact) mass is 683 g/mol. The molecule has 0 aromatic carbocycles. The number of aliphatic carboxylic acids is 1. The minimum Gasteiger partial charge on any atom is -0.481 e. The molecular formula is C41H65NO5S. The van der Waals surface area contributed by atoms with Gasteiger partial charge in [-0.2, -0.15) is 11.8 Å². The summed E-state index contributed by atoms with van der Waals surface area (Å²) in [5, 5.41) is 9.59. The van der Waals surface area contributed by atoms with Gasteiger partial charge >= 0.3 is 11.9 Å². The smallest absolute Gasteiger partial charge is 0.309 e. The summed E-state index contributed by atoms with van der Waals surface area (Å²) in [6.07, 6.45) is 10.5. The third-order valence-corrected chi connectivity index (χ3v) is 16.9. The predicted octanol–water partition coefficient (Wildman–Crippen LogP) is 8.82. The lowest BCUT2D eigenvalue weighted by molar-refractivity contribution is -0.233. The maximum absolute atomic E-state index is 14.0. The first-order chi connectivity index (χ1) is 22.3. The molecule has 1 aliphatic heterocycles. The van der Waals surface area contributed by atoms with E-state index in [1.807, 2.05) is 0 Å². The Kier molecular flexibility index (Phi) is 9.43. The second-order valence-electron chi connectivity index (χ2n) is 19.4. The van der Waals surface area contributed by atoms with Gasteiger partial charge in [-0.1, -0.05) is 54.0 Å². The molecule has 0 amide bonds. The maximum atomic E-state index is 14.0. The van der Waals surface area contributed by atoms with Gasteiger partial charge in [0.1, 0.15) is 6.10 Å². The van der Waals surface area contributed by atoms with E-state index >= 15 is 0 Å². The number of Topliss-reactive ketones (excluding diaryl/α,β-unsaturated/α-hetero) is 1. The molecule has 5 aliphatic carbocycles. The first kappa shape index (κ1) is 36.5. The summed E-state index contributed by atoms with van der Waals surface area (Å²) < 4.78 is 6.18. The molecule has 0 bridgehead atoms. The topological polar surface area (TPSA) is 83.9 Å². The van der Waals surface area contributed by atoms with E-state index in [0.717, 1.165) is 45.1 Å². The summed E-state index contributed by atoms with van der Waals surface area (Å²) in [5.41, 5.74) is 2.03. The Bertz CT molecular complexity index is 1350. The van der Waals surface area contributed by atoms with Crippen LogP contribution in [0.5, 0.6) is 0 Å². The van der Waals surface area contributed by atoms with Gasteiger partial charge in [0.15, 0.2) is 5.78 Å². The van der Waals surface area contributed by atoms with Gasteiger partial charge in [0.05, 0.1) is 11.8 Å². The average Bonchev–Trinajstić information content (AvgIpc) is 3.30. The second-order valence-corrected chi connectivity index (χ2v) is 20.6. The van der Waals surface area contributed by atoms with Crippen LogP contribution in [0.3, 0.4) is 0 Å². The third kappa shape index (κ3) is 5.57. The summed E-state index contributed by atoms with van der Waals surface area (Å²) in [7, 11) is 0. The molecule has 1 saturated heterocycles. The predicted molar refractivity (Wildman–Crippen MR) is 194 cm³/mol. The molecule has 0 aromatic heterocycles. The molecular weight excluding hydrogens is 619 g/mol. The minimum absolute atomic E-state index is 0.0505. The standard InChI is InChI=1S/C41H65NO5S/c1-26(2)33-28(43)24-41(18-19-42-20-22-48-23-21-42)17-16-39(8)27(34(33)41)10-11-30-38(7)14-13-31(47-32(44)25-36(3,4)35(45)46)37(5,6)29(38)12-15-40(30,39)9/h26-27,29-31H,10-25H2,1-9H3,(H,45,46)/t27-,29?,30?,31+,38+,39-,40-,41-/m1/s1. The van der Waals surface area contributed by atoms with Crippen LogP contribution in [-0.2, 0) is 19.1 Å². The van der Waals surface area contributed by atoms with Crippen molar-refractivity contribution in [1.29, 1.82) is 0 Å². The zero-order valence-electron chi connectivity index (χ0n) is 31.6. The quantitative estimate of drug-likeness (QED) is 0.256. The number of carbonyl (C=O) groups is 3. The summed E-state index contributed by atoms with van der Waals surface area (Å²) in [4.78, 5) is 41.4. The summed E-state index contributed by atoms with van der Waals surface area (Å²) >= 11 is 2.07. The lowest BCUT2D eigenvalue weighted by Gasteiger charge is -2.72. The molecule has 6 aliphatic rings. The molecule has 4 saturated carbocycles. The van der Waals surface area contributed by atoms with Gasteiger partial charge in [-0.05, 0) is 124 Å². The van der Waals surface area contributed by atoms with E-state index in [4.69, 9.17) is 4.74 Å².